The first-order chi connectivity index (χ1) is 11.9. The van der Waals surface area contributed by atoms with Crippen LogP contribution in [0, 0.1) is 0 Å². The smallest absolute Gasteiger partial charge is 0.321 e. The van der Waals surface area contributed by atoms with Crippen molar-refractivity contribution in [2.45, 2.75) is 51.7 Å². The Kier molecular flexibility index (Phi) is 7.24. The van der Waals surface area contributed by atoms with Gasteiger partial charge in [0, 0.05) is 0 Å². The fraction of sp³-hybridized carbons (Fsp3) is 0.643. The van der Waals surface area contributed by atoms with Gasteiger partial charge in [-0.15, -0.1) is 0 Å². The molecular weight excluding hydrogens is 365 g/mol. The summed E-state index contributed by atoms with van der Waals surface area (Å²) in [6.45, 7) is 0.766. The molecule has 25 heavy (non-hydrogen) atoms. The highest BCUT2D eigenvalue weighted by atomic mass is 32.5. The van der Waals surface area contributed by atoms with E-state index in [0.29, 0.717) is 17.9 Å². The SMILES string of the molecule is CCCC.Nc1ncnn2c(C3CCC(COP(O)(O)=S)O3)cnc12. The Morgan fingerprint density at radius 3 is 2.72 bits per heavy atom. The predicted octanol–water partition coefficient (Wildman–Crippen LogP) is 1.96. The van der Waals surface area contributed by atoms with Gasteiger partial charge in [-0.3, -0.25) is 0 Å². The van der Waals surface area contributed by atoms with Gasteiger partial charge < -0.3 is 24.8 Å². The first-order valence-electron chi connectivity index (χ1n) is 8.15. The van der Waals surface area contributed by atoms with Gasteiger partial charge in [0.15, 0.2) is 11.5 Å². The van der Waals surface area contributed by atoms with Crippen LogP contribution in [-0.4, -0.2) is 42.1 Å². The van der Waals surface area contributed by atoms with Gasteiger partial charge in [-0.25, -0.2) is 14.5 Å². The van der Waals surface area contributed by atoms with E-state index in [1.807, 2.05) is 0 Å². The third-order valence-corrected chi connectivity index (χ3v) is 4.53. The highest BCUT2D eigenvalue weighted by molar-refractivity contribution is 8.06. The van der Waals surface area contributed by atoms with E-state index in [4.69, 9.17) is 24.8 Å². The largest absolute Gasteiger partial charge is 0.381 e. The Balaban J connectivity index is 0.000000511. The van der Waals surface area contributed by atoms with Crippen LogP contribution in [0.2, 0.25) is 0 Å². The molecule has 4 N–H and O–H groups in total. The summed E-state index contributed by atoms with van der Waals surface area (Å²) in [5.74, 6) is 0.301. The van der Waals surface area contributed by atoms with Crippen molar-refractivity contribution in [1.29, 1.82) is 0 Å². The van der Waals surface area contributed by atoms with Crippen molar-refractivity contribution in [3.05, 3.63) is 18.2 Å². The fourth-order valence-electron chi connectivity index (χ4n) is 2.30. The zero-order chi connectivity index (χ0) is 18.4. The lowest BCUT2D eigenvalue weighted by Crippen LogP contribution is -2.14. The molecular formula is C14H24N5O4PS. The highest BCUT2D eigenvalue weighted by Gasteiger charge is 2.30. The number of nitrogens with two attached hydrogens (primary N) is 1. The summed E-state index contributed by atoms with van der Waals surface area (Å²) in [4.78, 5) is 26.2. The summed E-state index contributed by atoms with van der Waals surface area (Å²) in [5.41, 5.74) is 6.99. The van der Waals surface area contributed by atoms with Crippen molar-refractivity contribution < 1.29 is 19.0 Å². The van der Waals surface area contributed by atoms with Crippen molar-refractivity contribution >= 4 is 30.0 Å². The molecule has 0 aliphatic carbocycles. The minimum Gasteiger partial charge on any atom is -0.381 e. The van der Waals surface area contributed by atoms with Crippen LogP contribution < -0.4 is 5.73 Å². The Morgan fingerprint density at radius 2 is 2.08 bits per heavy atom. The number of nitrogens with zero attached hydrogens (tertiary/aromatic N) is 4. The van der Waals surface area contributed by atoms with Gasteiger partial charge in [0.2, 0.25) is 0 Å². The minimum atomic E-state index is -3.65. The van der Waals surface area contributed by atoms with Gasteiger partial charge in [0.25, 0.3) is 0 Å². The van der Waals surface area contributed by atoms with Crippen LogP contribution in [0.25, 0.3) is 5.65 Å². The second-order valence-electron chi connectivity index (χ2n) is 5.67. The Hall–Kier alpha value is -1.16. The lowest BCUT2D eigenvalue weighted by atomic mass is 10.1. The molecule has 1 aliphatic heterocycles. The molecule has 1 saturated heterocycles. The van der Waals surface area contributed by atoms with E-state index in [2.05, 4.69) is 40.7 Å². The summed E-state index contributed by atoms with van der Waals surface area (Å²) in [6, 6.07) is 0. The maximum atomic E-state index is 9.06. The Labute approximate surface area is 151 Å². The maximum absolute atomic E-state index is 9.06. The first-order valence-corrected chi connectivity index (χ1v) is 10.8. The molecule has 2 aromatic heterocycles. The average molecular weight is 389 g/mol. The normalized spacial score (nSPS) is 20.5. The number of rotatable bonds is 5. The molecule has 2 unspecified atom stereocenters. The molecule has 11 heteroatoms. The second-order valence-corrected chi connectivity index (χ2v) is 8.34. The molecule has 140 valence electrons. The highest BCUT2D eigenvalue weighted by Crippen LogP contribution is 2.39. The summed E-state index contributed by atoms with van der Waals surface area (Å²) >= 11 is 4.41. The fourth-order valence-corrected chi connectivity index (χ4v) is 2.84. The second kappa shape index (κ2) is 8.98. The standard InChI is InChI=1S/C10H14N5O4PS.C4H10/c11-9-10-12-3-7(15(10)14-5-13-9)8-2-1-6(19-8)4-18-20(16,17)21;1-3-4-2/h3,5-6,8H,1-2,4H2,(H2,11,13,14)(H2,16,17,21);3-4H2,1-2H3. The Bertz CT molecular complexity index is 735. The zero-order valence-electron chi connectivity index (χ0n) is 14.3. The molecule has 3 rings (SSSR count). The van der Waals surface area contributed by atoms with Crippen molar-refractivity contribution in [2.24, 2.45) is 0 Å². The van der Waals surface area contributed by atoms with Crippen LogP contribution in [-0.2, 0) is 21.1 Å². The summed E-state index contributed by atoms with van der Waals surface area (Å²) in [5, 5.41) is 4.12. The first kappa shape index (κ1) is 20.2. The minimum absolute atomic E-state index is 0.0502. The molecule has 0 bridgehead atoms. The maximum Gasteiger partial charge on any atom is 0.321 e. The van der Waals surface area contributed by atoms with Crippen LogP contribution in [0.1, 0.15) is 51.3 Å². The number of anilines is 1. The van der Waals surface area contributed by atoms with Crippen molar-refractivity contribution in [1.82, 2.24) is 19.6 Å². The summed E-state index contributed by atoms with van der Waals surface area (Å²) < 4.78 is 12.2. The molecule has 0 radical (unpaired) electrons. The van der Waals surface area contributed by atoms with Gasteiger partial charge in [0.1, 0.15) is 12.4 Å². The number of hydrogen-bond acceptors (Lipinski definition) is 7. The van der Waals surface area contributed by atoms with E-state index < -0.39 is 6.72 Å². The Morgan fingerprint density at radius 1 is 1.36 bits per heavy atom. The van der Waals surface area contributed by atoms with Crippen LogP contribution in [0.4, 0.5) is 5.82 Å². The zero-order valence-corrected chi connectivity index (χ0v) is 16.0. The number of aromatic nitrogens is 4. The number of fused-ring (bicyclic) bond motifs is 1. The molecule has 9 nitrogen and oxygen atoms in total. The number of nitrogen functional groups attached to an aromatic ring is 1. The quantitative estimate of drug-likeness (QED) is 0.657. The van der Waals surface area contributed by atoms with Crippen LogP contribution in [0.15, 0.2) is 12.5 Å². The topological polar surface area (TPSA) is 128 Å². The molecule has 3 heterocycles. The van der Waals surface area contributed by atoms with Crippen molar-refractivity contribution in [3.63, 3.8) is 0 Å². The van der Waals surface area contributed by atoms with Crippen LogP contribution in [0.3, 0.4) is 0 Å². The van der Waals surface area contributed by atoms with Crippen molar-refractivity contribution in [2.75, 3.05) is 12.3 Å². The predicted molar refractivity (Wildman–Crippen MR) is 97.3 cm³/mol. The molecule has 2 atom stereocenters. The molecule has 0 amide bonds. The van der Waals surface area contributed by atoms with E-state index in [9.17, 15) is 0 Å². The number of imidazole rings is 1. The number of hydrogen-bond donors (Lipinski definition) is 3. The van der Waals surface area contributed by atoms with Gasteiger partial charge >= 0.3 is 6.72 Å². The van der Waals surface area contributed by atoms with E-state index in [1.54, 1.807) is 10.7 Å². The van der Waals surface area contributed by atoms with E-state index in [0.717, 1.165) is 12.1 Å². The molecule has 0 spiro atoms. The molecule has 0 saturated carbocycles. The lowest BCUT2D eigenvalue weighted by Gasteiger charge is -2.15. The molecule has 1 aliphatic rings. The van der Waals surface area contributed by atoms with E-state index in [1.165, 1.54) is 19.2 Å². The number of ether oxygens (including phenoxy) is 1. The van der Waals surface area contributed by atoms with Crippen LogP contribution >= 0.6 is 6.72 Å². The van der Waals surface area contributed by atoms with Gasteiger partial charge in [0.05, 0.1) is 24.6 Å². The molecule has 0 aromatic carbocycles. The number of unbranched alkanes of at least 4 members (excludes halogenated alkanes) is 1. The molecule has 2 aromatic rings. The van der Waals surface area contributed by atoms with Gasteiger partial charge in [-0.05, 0) is 24.6 Å². The van der Waals surface area contributed by atoms with Gasteiger partial charge in [-0.2, -0.15) is 5.10 Å². The van der Waals surface area contributed by atoms with E-state index >= 15 is 0 Å². The van der Waals surface area contributed by atoms with Gasteiger partial charge in [-0.1, -0.05) is 26.7 Å². The molecule has 1 fully saturated rings. The van der Waals surface area contributed by atoms with E-state index in [-0.39, 0.29) is 18.8 Å². The monoisotopic (exact) mass is 389 g/mol. The van der Waals surface area contributed by atoms with Crippen molar-refractivity contribution in [3.8, 4) is 0 Å². The summed E-state index contributed by atoms with van der Waals surface area (Å²) in [7, 11) is 0. The van der Waals surface area contributed by atoms with Crippen LogP contribution in [0.5, 0.6) is 0 Å². The summed E-state index contributed by atoms with van der Waals surface area (Å²) in [6.07, 6.45) is 6.64. The third kappa shape index (κ3) is 5.67. The third-order valence-electron chi connectivity index (χ3n) is 3.72. The average Bonchev–Trinajstić information content (AvgIpc) is 3.19. The lowest BCUT2D eigenvalue weighted by molar-refractivity contribution is 0.0117.